The van der Waals surface area contributed by atoms with Crippen molar-refractivity contribution in [2.75, 3.05) is 6.61 Å². The molecule has 15 heavy (non-hydrogen) atoms. The number of hydrogen-bond donors (Lipinski definition) is 2. The molecule has 5 heteroatoms. The number of imidazole rings is 1. The van der Waals surface area contributed by atoms with E-state index in [1.165, 1.54) is 0 Å². The van der Waals surface area contributed by atoms with Crippen molar-refractivity contribution in [2.24, 2.45) is 0 Å². The molecule has 0 aliphatic carbocycles. The van der Waals surface area contributed by atoms with E-state index in [-0.39, 0.29) is 12.3 Å². The number of aliphatic hydroxyl groups excluding tert-OH is 1. The maximum atomic E-state index is 11.0. The minimum absolute atomic E-state index is 0.0490. The van der Waals surface area contributed by atoms with Gasteiger partial charge in [-0.2, -0.15) is 0 Å². The third kappa shape index (κ3) is 2.24. The Morgan fingerprint density at radius 3 is 2.80 bits per heavy atom. The minimum Gasteiger partial charge on any atom is -0.477 e. The van der Waals surface area contributed by atoms with Gasteiger partial charge in [0.05, 0.1) is 12.3 Å². The van der Waals surface area contributed by atoms with Gasteiger partial charge in [-0.25, -0.2) is 9.78 Å². The van der Waals surface area contributed by atoms with Crippen molar-refractivity contribution in [1.82, 2.24) is 9.55 Å². The van der Waals surface area contributed by atoms with Crippen LogP contribution in [0, 0.1) is 6.92 Å². The summed E-state index contributed by atoms with van der Waals surface area (Å²) in [6, 6.07) is 0. The van der Waals surface area contributed by atoms with Gasteiger partial charge in [-0.15, -0.1) is 6.58 Å². The lowest BCUT2D eigenvalue weighted by Crippen LogP contribution is -2.12. The number of aromatic carboxylic acids is 1. The number of aromatic nitrogens is 2. The molecule has 0 saturated carbocycles. The maximum absolute atomic E-state index is 11.0. The summed E-state index contributed by atoms with van der Waals surface area (Å²) in [6.45, 7) is 5.54. The topological polar surface area (TPSA) is 75.3 Å². The van der Waals surface area contributed by atoms with Crippen molar-refractivity contribution >= 4 is 5.97 Å². The molecule has 1 heterocycles. The number of carboxylic acids is 1. The largest absolute Gasteiger partial charge is 0.477 e. The van der Waals surface area contributed by atoms with Crippen LogP contribution in [-0.4, -0.2) is 32.3 Å². The Labute approximate surface area is 87.7 Å². The Morgan fingerprint density at radius 2 is 2.33 bits per heavy atom. The molecular weight excluding hydrogens is 196 g/mol. The number of hydrogen-bond acceptors (Lipinski definition) is 3. The van der Waals surface area contributed by atoms with E-state index in [2.05, 4.69) is 11.6 Å². The Morgan fingerprint density at radius 1 is 1.67 bits per heavy atom. The first-order chi connectivity index (χ1) is 7.11. The fraction of sp³-hybridized carbons (Fsp3) is 0.400. The molecule has 0 spiro atoms. The summed E-state index contributed by atoms with van der Waals surface area (Å²) in [5.74, 6) is -0.432. The van der Waals surface area contributed by atoms with Gasteiger partial charge in [0, 0.05) is 13.0 Å². The van der Waals surface area contributed by atoms with Crippen molar-refractivity contribution < 1.29 is 15.0 Å². The average molecular weight is 210 g/mol. The monoisotopic (exact) mass is 210 g/mol. The highest BCUT2D eigenvalue weighted by molar-refractivity contribution is 5.87. The third-order valence-corrected chi connectivity index (χ3v) is 2.07. The molecular formula is C10H14N2O3. The van der Waals surface area contributed by atoms with Gasteiger partial charge in [0.25, 0.3) is 0 Å². The second-order valence-electron chi connectivity index (χ2n) is 3.14. The standard InChI is InChI=1S/C10H14N2O3/c1-3-5-12-8(4-6-13)11-7(2)9(12)10(14)15/h3,13H,1,4-6H2,2H3,(H,14,15). The van der Waals surface area contributed by atoms with Gasteiger partial charge in [-0.3, -0.25) is 0 Å². The second kappa shape index (κ2) is 4.75. The Balaban J connectivity index is 3.23. The fourth-order valence-electron chi connectivity index (χ4n) is 1.52. The highest BCUT2D eigenvalue weighted by atomic mass is 16.4. The molecule has 1 aromatic rings. The number of carbonyl (C=O) groups is 1. The molecule has 0 atom stereocenters. The number of aliphatic hydroxyl groups is 1. The summed E-state index contributed by atoms with van der Waals surface area (Å²) in [4.78, 5) is 15.1. The van der Waals surface area contributed by atoms with Crippen LogP contribution in [0.2, 0.25) is 0 Å². The molecule has 0 unspecified atom stereocenters. The van der Waals surface area contributed by atoms with Crippen molar-refractivity contribution in [3.8, 4) is 0 Å². The van der Waals surface area contributed by atoms with Crippen LogP contribution in [0.25, 0.3) is 0 Å². The fourth-order valence-corrected chi connectivity index (χ4v) is 1.52. The number of allylic oxidation sites excluding steroid dienone is 1. The SMILES string of the molecule is C=CCn1c(CCO)nc(C)c1C(=O)O. The number of aryl methyl sites for hydroxylation is 1. The molecule has 0 radical (unpaired) electrons. The number of carboxylic acid groups (broad SMARTS) is 1. The summed E-state index contributed by atoms with van der Waals surface area (Å²) in [6.07, 6.45) is 1.95. The van der Waals surface area contributed by atoms with Crippen LogP contribution in [-0.2, 0) is 13.0 Å². The van der Waals surface area contributed by atoms with Gasteiger partial charge in [0.15, 0.2) is 5.69 Å². The number of nitrogens with zero attached hydrogens (tertiary/aromatic N) is 2. The van der Waals surface area contributed by atoms with Crippen LogP contribution in [0.1, 0.15) is 22.0 Å². The van der Waals surface area contributed by atoms with E-state index in [1.54, 1.807) is 17.6 Å². The summed E-state index contributed by atoms with van der Waals surface area (Å²) in [7, 11) is 0. The summed E-state index contributed by atoms with van der Waals surface area (Å²) in [5.41, 5.74) is 0.631. The zero-order valence-corrected chi connectivity index (χ0v) is 8.60. The summed E-state index contributed by atoms with van der Waals surface area (Å²) >= 11 is 0. The van der Waals surface area contributed by atoms with Gasteiger partial charge in [-0.05, 0) is 6.92 Å². The van der Waals surface area contributed by atoms with Crippen LogP contribution in [0.15, 0.2) is 12.7 Å². The first kappa shape index (κ1) is 11.5. The molecule has 5 nitrogen and oxygen atoms in total. The van der Waals surface area contributed by atoms with Crippen LogP contribution in [0.4, 0.5) is 0 Å². The summed E-state index contributed by atoms with van der Waals surface area (Å²) in [5, 5.41) is 17.8. The first-order valence-corrected chi connectivity index (χ1v) is 4.62. The van der Waals surface area contributed by atoms with Crippen LogP contribution in [0.3, 0.4) is 0 Å². The van der Waals surface area contributed by atoms with E-state index in [9.17, 15) is 4.79 Å². The lowest BCUT2D eigenvalue weighted by molar-refractivity contribution is 0.0684. The molecule has 0 aromatic carbocycles. The van der Waals surface area contributed by atoms with Crippen molar-refractivity contribution in [3.63, 3.8) is 0 Å². The van der Waals surface area contributed by atoms with E-state index in [4.69, 9.17) is 10.2 Å². The quantitative estimate of drug-likeness (QED) is 0.698. The molecule has 0 amide bonds. The highest BCUT2D eigenvalue weighted by Crippen LogP contribution is 2.12. The average Bonchev–Trinajstić information content (AvgIpc) is 2.44. The predicted molar refractivity (Wildman–Crippen MR) is 54.9 cm³/mol. The van der Waals surface area contributed by atoms with E-state index in [1.807, 2.05) is 0 Å². The van der Waals surface area contributed by atoms with Crippen LogP contribution in [0.5, 0.6) is 0 Å². The molecule has 1 aromatic heterocycles. The highest BCUT2D eigenvalue weighted by Gasteiger charge is 2.18. The van der Waals surface area contributed by atoms with Crippen molar-refractivity contribution in [3.05, 3.63) is 29.9 Å². The van der Waals surface area contributed by atoms with Gasteiger partial charge < -0.3 is 14.8 Å². The summed E-state index contributed by atoms with van der Waals surface area (Å²) < 4.78 is 1.56. The third-order valence-electron chi connectivity index (χ3n) is 2.07. The van der Waals surface area contributed by atoms with E-state index in [0.717, 1.165) is 0 Å². The lowest BCUT2D eigenvalue weighted by atomic mass is 10.3. The van der Waals surface area contributed by atoms with E-state index >= 15 is 0 Å². The predicted octanol–water partition coefficient (Wildman–Crippen LogP) is 0.611. The molecule has 0 bridgehead atoms. The molecule has 82 valence electrons. The Bertz CT molecular complexity index is 382. The van der Waals surface area contributed by atoms with Crippen LogP contribution < -0.4 is 0 Å². The zero-order valence-electron chi connectivity index (χ0n) is 8.60. The van der Waals surface area contributed by atoms with Gasteiger partial charge in [0.2, 0.25) is 0 Å². The molecule has 0 saturated heterocycles. The van der Waals surface area contributed by atoms with Gasteiger partial charge in [-0.1, -0.05) is 6.08 Å². The van der Waals surface area contributed by atoms with Crippen LogP contribution >= 0.6 is 0 Å². The Kier molecular flexibility index (Phi) is 3.62. The van der Waals surface area contributed by atoms with E-state index in [0.29, 0.717) is 24.5 Å². The molecule has 0 fully saturated rings. The Hall–Kier alpha value is -1.62. The molecule has 0 aliphatic rings. The lowest BCUT2D eigenvalue weighted by Gasteiger charge is -2.05. The first-order valence-electron chi connectivity index (χ1n) is 4.62. The zero-order chi connectivity index (χ0) is 11.4. The van der Waals surface area contributed by atoms with E-state index < -0.39 is 5.97 Å². The normalized spacial score (nSPS) is 10.3. The maximum Gasteiger partial charge on any atom is 0.354 e. The van der Waals surface area contributed by atoms with Gasteiger partial charge in [0.1, 0.15) is 5.82 Å². The minimum atomic E-state index is -1.01. The second-order valence-corrected chi connectivity index (χ2v) is 3.14. The van der Waals surface area contributed by atoms with Gasteiger partial charge >= 0.3 is 5.97 Å². The smallest absolute Gasteiger partial charge is 0.354 e. The number of rotatable bonds is 5. The molecule has 0 aliphatic heterocycles. The van der Waals surface area contributed by atoms with Crippen molar-refractivity contribution in [1.29, 1.82) is 0 Å². The molecule has 2 N–H and O–H groups in total. The van der Waals surface area contributed by atoms with Crippen molar-refractivity contribution in [2.45, 2.75) is 19.9 Å². The molecule has 1 rings (SSSR count).